The monoisotopic (exact) mass is 1100 g/mol. The number of benzene rings is 12. The molecule has 404 valence electrons. The summed E-state index contributed by atoms with van der Waals surface area (Å²) in [4.78, 5) is 46.2. The van der Waals surface area contributed by atoms with Crippen LogP contribution in [0.25, 0.3) is 135 Å². The number of nitrogens with zero attached hydrogens (tertiary/aromatic N) is 6. The summed E-state index contributed by atoms with van der Waals surface area (Å²) in [6, 6.07) is 108. The number of carbonyl (C=O) groups is 1. The molecule has 2 heterocycles. The van der Waals surface area contributed by atoms with E-state index in [0.717, 1.165) is 89.0 Å². The van der Waals surface area contributed by atoms with Gasteiger partial charge < -0.3 is 0 Å². The van der Waals surface area contributed by atoms with Gasteiger partial charge in [-0.2, -0.15) is 0 Å². The van der Waals surface area contributed by atoms with E-state index in [2.05, 4.69) is 194 Å². The van der Waals surface area contributed by atoms with Crippen LogP contribution in [0.15, 0.2) is 315 Å². The summed E-state index contributed by atoms with van der Waals surface area (Å²) in [5, 5.41) is 0. The molecule has 12 aromatic carbocycles. The lowest BCUT2D eigenvalue weighted by molar-refractivity contribution is 0.101. The lowest BCUT2D eigenvalue weighted by Gasteiger charge is -2.12. The van der Waals surface area contributed by atoms with E-state index in [9.17, 15) is 0 Å². The first kappa shape index (κ1) is 52.4. The Morgan fingerprint density at radius 3 is 0.512 bits per heavy atom. The smallest absolute Gasteiger partial charge is 0.267 e. The van der Waals surface area contributed by atoms with Gasteiger partial charge in [-0.3, -0.25) is 4.79 Å². The van der Waals surface area contributed by atoms with Gasteiger partial charge in [0, 0.05) is 22.3 Å². The molecule has 7 nitrogen and oxygen atoms in total. The third-order valence-electron chi connectivity index (χ3n) is 15.4. The molecule has 14 rings (SSSR count). The first-order valence-corrected chi connectivity index (χ1v) is 28.6. The SMILES string of the molecule is O=C(c1nc(-c2cccc(-c3cccc(-c4ccccc4)c3)c2)nc(-c2cccc(-c3cccc(-c4ccccc4)c3)c2)n1)c1nc(-c2cccc(-c3cccc(-c4ccccc4)c3)c2)nc(-c2cccc(-c3cccc(-c4ccccc4)c3)c2)n1. The van der Waals surface area contributed by atoms with Crippen LogP contribution in [0.3, 0.4) is 0 Å². The van der Waals surface area contributed by atoms with Gasteiger partial charge in [0.1, 0.15) is 0 Å². The molecule has 86 heavy (non-hydrogen) atoms. The van der Waals surface area contributed by atoms with E-state index in [1.165, 1.54) is 0 Å². The fourth-order valence-electron chi connectivity index (χ4n) is 11.0. The van der Waals surface area contributed by atoms with Gasteiger partial charge in [0.2, 0.25) is 11.6 Å². The quantitative estimate of drug-likeness (QED) is 0.100. The van der Waals surface area contributed by atoms with E-state index < -0.39 is 5.78 Å². The zero-order chi connectivity index (χ0) is 57.6. The van der Waals surface area contributed by atoms with Crippen molar-refractivity contribution in [2.75, 3.05) is 0 Å². The van der Waals surface area contributed by atoms with Crippen LogP contribution in [0.4, 0.5) is 0 Å². The number of hydrogen-bond donors (Lipinski definition) is 0. The molecule has 0 bridgehead atoms. The van der Waals surface area contributed by atoms with Crippen molar-refractivity contribution in [2.24, 2.45) is 0 Å². The molecule has 0 saturated carbocycles. The van der Waals surface area contributed by atoms with Crippen molar-refractivity contribution in [1.29, 1.82) is 0 Å². The number of aromatic nitrogens is 6. The van der Waals surface area contributed by atoms with Crippen molar-refractivity contribution in [2.45, 2.75) is 0 Å². The molecule has 7 heteroatoms. The Bertz CT molecular complexity index is 4190. The summed E-state index contributed by atoms with van der Waals surface area (Å²) in [6.45, 7) is 0. The average molecular weight is 1100 g/mol. The molecule has 0 aliphatic heterocycles. The van der Waals surface area contributed by atoms with Crippen LogP contribution in [0.1, 0.15) is 16.4 Å². The van der Waals surface area contributed by atoms with E-state index in [-0.39, 0.29) is 11.6 Å². The second-order valence-corrected chi connectivity index (χ2v) is 21.1. The molecule has 0 saturated heterocycles. The number of hydrogen-bond acceptors (Lipinski definition) is 7. The summed E-state index contributed by atoms with van der Waals surface area (Å²) in [5.74, 6) is 0.472. The molecule has 0 unspecified atom stereocenters. The zero-order valence-electron chi connectivity index (χ0n) is 46.6. The van der Waals surface area contributed by atoms with Crippen molar-refractivity contribution in [1.82, 2.24) is 29.9 Å². The van der Waals surface area contributed by atoms with Crippen LogP contribution in [-0.2, 0) is 0 Å². The van der Waals surface area contributed by atoms with Gasteiger partial charge in [-0.25, -0.2) is 29.9 Å². The summed E-state index contributed by atoms with van der Waals surface area (Å²) in [7, 11) is 0. The minimum Gasteiger partial charge on any atom is -0.281 e. The number of carbonyl (C=O) groups excluding carboxylic acids is 1. The highest BCUT2D eigenvalue weighted by molar-refractivity contribution is 6.04. The first-order chi connectivity index (χ1) is 42.5. The van der Waals surface area contributed by atoms with Crippen LogP contribution in [0.2, 0.25) is 0 Å². The van der Waals surface area contributed by atoms with E-state index in [1.54, 1.807) is 0 Å². The molecular formula is C79H52N6O. The highest BCUT2D eigenvalue weighted by atomic mass is 16.1. The van der Waals surface area contributed by atoms with E-state index in [0.29, 0.717) is 45.6 Å². The van der Waals surface area contributed by atoms with E-state index in [1.807, 2.05) is 121 Å². The minimum absolute atomic E-state index is 0.112. The molecular weight excluding hydrogens is 1050 g/mol. The average Bonchev–Trinajstić information content (AvgIpc) is 2.07. The zero-order valence-corrected chi connectivity index (χ0v) is 46.6. The van der Waals surface area contributed by atoms with Crippen LogP contribution in [0, 0.1) is 0 Å². The fourth-order valence-corrected chi connectivity index (χ4v) is 11.0. The second-order valence-electron chi connectivity index (χ2n) is 21.1. The lowest BCUT2D eigenvalue weighted by Crippen LogP contribution is -2.15. The van der Waals surface area contributed by atoms with Crippen molar-refractivity contribution in [3.8, 4) is 135 Å². The summed E-state index contributed by atoms with van der Waals surface area (Å²) < 4.78 is 0. The molecule has 0 N–H and O–H groups in total. The molecule has 0 spiro atoms. The van der Waals surface area contributed by atoms with Gasteiger partial charge >= 0.3 is 0 Å². The highest BCUT2D eigenvalue weighted by Gasteiger charge is 2.24. The molecule has 0 aliphatic rings. The number of rotatable bonds is 14. The minimum atomic E-state index is -0.586. The topological polar surface area (TPSA) is 94.4 Å². The predicted octanol–water partition coefficient (Wildman–Crippen LogP) is 19.3. The molecule has 2 aromatic heterocycles. The lowest BCUT2D eigenvalue weighted by atomic mass is 9.97. The molecule has 0 atom stereocenters. The standard InChI is InChI=1S/C79H52N6O/c86-73(78-82-74(69-41-17-37-65(49-69)61-33-13-29-57(45-61)53-21-5-1-6-22-53)80-75(83-78)70-42-18-38-66(50-70)62-34-14-30-58(46-62)54-23-7-2-8-24-54)79-84-76(71-43-19-39-67(51-71)63-35-15-31-59(47-63)55-25-9-3-10-26-55)81-77(85-79)72-44-20-40-68(52-72)64-36-16-32-60(48-64)56-27-11-4-12-28-56/h1-52H. The van der Waals surface area contributed by atoms with Crippen LogP contribution in [-0.4, -0.2) is 35.7 Å². The second kappa shape index (κ2) is 23.7. The van der Waals surface area contributed by atoms with Gasteiger partial charge in [-0.1, -0.05) is 267 Å². The summed E-state index contributed by atoms with van der Waals surface area (Å²) in [5.41, 5.74) is 19.6. The maximum atomic E-state index is 15.7. The Morgan fingerprint density at radius 1 is 0.163 bits per heavy atom. The Hall–Kier alpha value is -11.7. The normalized spacial score (nSPS) is 11.1. The maximum Gasteiger partial charge on any atom is 0.267 e. The van der Waals surface area contributed by atoms with Crippen LogP contribution in [0.5, 0.6) is 0 Å². The van der Waals surface area contributed by atoms with Crippen molar-refractivity contribution >= 4 is 5.78 Å². The first-order valence-electron chi connectivity index (χ1n) is 28.6. The Kier molecular flexibility index (Phi) is 14.4. The van der Waals surface area contributed by atoms with Gasteiger partial charge in [0.15, 0.2) is 23.3 Å². The molecule has 0 amide bonds. The van der Waals surface area contributed by atoms with Gasteiger partial charge in [-0.15, -0.1) is 0 Å². The van der Waals surface area contributed by atoms with E-state index >= 15 is 4.79 Å². The third-order valence-corrected chi connectivity index (χ3v) is 15.4. The maximum absolute atomic E-state index is 15.7. The third kappa shape index (κ3) is 11.3. The van der Waals surface area contributed by atoms with Crippen molar-refractivity contribution < 1.29 is 4.79 Å². The fraction of sp³-hybridized carbons (Fsp3) is 0. The molecule has 0 aliphatic carbocycles. The molecule has 0 radical (unpaired) electrons. The Morgan fingerprint density at radius 2 is 0.314 bits per heavy atom. The summed E-state index contributed by atoms with van der Waals surface area (Å²) >= 11 is 0. The highest BCUT2D eigenvalue weighted by Crippen LogP contribution is 2.35. The molecule has 0 fully saturated rings. The summed E-state index contributed by atoms with van der Waals surface area (Å²) in [6.07, 6.45) is 0. The van der Waals surface area contributed by atoms with Crippen molar-refractivity contribution in [3.05, 3.63) is 327 Å². The van der Waals surface area contributed by atoms with Crippen molar-refractivity contribution in [3.63, 3.8) is 0 Å². The predicted molar refractivity (Wildman–Crippen MR) is 348 cm³/mol. The van der Waals surface area contributed by atoms with Gasteiger partial charge in [0.25, 0.3) is 5.78 Å². The van der Waals surface area contributed by atoms with Crippen LogP contribution < -0.4 is 0 Å². The molecule has 14 aromatic rings. The van der Waals surface area contributed by atoms with Gasteiger partial charge in [0.05, 0.1) is 0 Å². The largest absolute Gasteiger partial charge is 0.281 e. The Labute approximate surface area is 499 Å². The number of ketones is 1. The van der Waals surface area contributed by atoms with E-state index in [4.69, 9.17) is 29.9 Å². The van der Waals surface area contributed by atoms with Gasteiger partial charge in [-0.05, 0) is 138 Å². The Balaban J connectivity index is 0.906. The van der Waals surface area contributed by atoms with Crippen LogP contribution >= 0.6 is 0 Å².